The third-order valence-electron chi connectivity index (χ3n) is 4.23. The summed E-state index contributed by atoms with van der Waals surface area (Å²) in [7, 11) is 0. The minimum absolute atomic E-state index is 0.0805. The van der Waals surface area contributed by atoms with E-state index >= 15 is 0 Å². The first-order valence-corrected chi connectivity index (χ1v) is 8.76. The van der Waals surface area contributed by atoms with Gasteiger partial charge < -0.3 is 4.74 Å². The molecule has 3 aromatic rings. The van der Waals surface area contributed by atoms with Crippen molar-refractivity contribution in [1.82, 2.24) is 9.78 Å². The Kier molecular flexibility index (Phi) is 5.86. The van der Waals surface area contributed by atoms with Crippen LogP contribution < -0.4 is 5.43 Å². The lowest BCUT2D eigenvalue weighted by molar-refractivity contribution is -0.384. The van der Waals surface area contributed by atoms with Crippen LogP contribution in [-0.4, -0.2) is 20.7 Å². The number of hydrogen-bond donors (Lipinski definition) is 0. The SMILES string of the molecule is Cc1cc(=O)c(C(=O)OCc2cccc([N+](=O)[O-])c2)nn1-c1ccccc1C(F)(F)F. The maximum absolute atomic E-state index is 13.4. The number of esters is 1. The molecule has 0 radical (unpaired) electrons. The first kappa shape index (κ1) is 21.7. The van der Waals surface area contributed by atoms with E-state index in [4.69, 9.17) is 4.74 Å². The van der Waals surface area contributed by atoms with Crippen molar-refractivity contribution in [3.05, 3.63) is 97.4 Å². The lowest BCUT2D eigenvalue weighted by atomic mass is 10.1. The summed E-state index contributed by atoms with van der Waals surface area (Å²) in [6.45, 7) is 0.981. The Labute approximate surface area is 172 Å². The van der Waals surface area contributed by atoms with Gasteiger partial charge in [0.25, 0.3) is 5.69 Å². The second-order valence-corrected chi connectivity index (χ2v) is 6.43. The summed E-state index contributed by atoms with van der Waals surface area (Å²) < 4.78 is 45.9. The number of aryl methyl sites for hydroxylation is 1. The topological polar surface area (TPSA) is 104 Å². The van der Waals surface area contributed by atoms with E-state index in [-0.39, 0.29) is 22.6 Å². The highest BCUT2D eigenvalue weighted by atomic mass is 19.4. The fourth-order valence-electron chi connectivity index (χ4n) is 2.81. The average molecular weight is 433 g/mol. The van der Waals surface area contributed by atoms with E-state index in [2.05, 4.69) is 5.10 Å². The molecule has 0 fully saturated rings. The van der Waals surface area contributed by atoms with Gasteiger partial charge in [0, 0.05) is 23.9 Å². The van der Waals surface area contributed by atoms with Crippen molar-refractivity contribution in [3.8, 4) is 5.69 Å². The Morgan fingerprint density at radius 1 is 1.16 bits per heavy atom. The summed E-state index contributed by atoms with van der Waals surface area (Å²) in [5.74, 6) is -1.17. The highest BCUT2D eigenvalue weighted by Crippen LogP contribution is 2.33. The number of aromatic nitrogens is 2. The first-order valence-electron chi connectivity index (χ1n) is 8.76. The molecule has 0 aliphatic carbocycles. The lowest BCUT2D eigenvalue weighted by Crippen LogP contribution is -2.25. The van der Waals surface area contributed by atoms with Gasteiger partial charge in [-0.1, -0.05) is 24.3 Å². The molecule has 160 valence electrons. The predicted molar refractivity (Wildman–Crippen MR) is 102 cm³/mol. The first-order chi connectivity index (χ1) is 14.6. The van der Waals surface area contributed by atoms with Gasteiger partial charge >= 0.3 is 12.1 Å². The van der Waals surface area contributed by atoms with E-state index in [0.717, 1.165) is 22.9 Å². The number of nitro groups is 1. The third-order valence-corrected chi connectivity index (χ3v) is 4.23. The van der Waals surface area contributed by atoms with Gasteiger partial charge in [0.05, 0.1) is 16.2 Å². The van der Waals surface area contributed by atoms with Gasteiger partial charge in [0.1, 0.15) is 6.61 Å². The number of hydrogen-bond acceptors (Lipinski definition) is 6. The highest BCUT2D eigenvalue weighted by molar-refractivity contribution is 5.87. The van der Waals surface area contributed by atoms with Crippen LogP contribution in [0, 0.1) is 17.0 Å². The van der Waals surface area contributed by atoms with Crippen molar-refractivity contribution in [2.45, 2.75) is 19.7 Å². The largest absolute Gasteiger partial charge is 0.456 e. The van der Waals surface area contributed by atoms with Crippen LogP contribution in [0.1, 0.15) is 27.3 Å². The molecule has 0 aliphatic rings. The van der Waals surface area contributed by atoms with Gasteiger partial charge in [-0.05, 0) is 24.6 Å². The molecule has 0 amide bonds. The number of carbonyl (C=O) groups is 1. The minimum atomic E-state index is -4.68. The average Bonchev–Trinajstić information content (AvgIpc) is 2.71. The molecule has 0 saturated carbocycles. The molecule has 0 spiro atoms. The van der Waals surface area contributed by atoms with Crippen LogP contribution in [-0.2, 0) is 17.5 Å². The Morgan fingerprint density at radius 2 is 1.87 bits per heavy atom. The van der Waals surface area contributed by atoms with Crippen molar-refractivity contribution in [2.75, 3.05) is 0 Å². The van der Waals surface area contributed by atoms with E-state index in [1.54, 1.807) is 0 Å². The number of halogens is 3. The fraction of sp³-hybridized carbons (Fsp3) is 0.150. The summed E-state index contributed by atoms with van der Waals surface area (Å²) in [6.07, 6.45) is -4.68. The van der Waals surface area contributed by atoms with Gasteiger partial charge in [-0.2, -0.15) is 18.3 Å². The predicted octanol–water partition coefficient (Wildman–Crippen LogP) is 3.82. The molecule has 1 heterocycles. The van der Waals surface area contributed by atoms with Crippen LogP contribution >= 0.6 is 0 Å². The third kappa shape index (κ3) is 4.77. The van der Waals surface area contributed by atoms with Gasteiger partial charge in [0.2, 0.25) is 11.1 Å². The molecule has 0 N–H and O–H groups in total. The molecular weight excluding hydrogens is 419 g/mol. The van der Waals surface area contributed by atoms with Crippen LogP contribution in [0.3, 0.4) is 0 Å². The van der Waals surface area contributed by atoms with Crippen LogP contribution in [0.4, 0.5) is 18.9 Å². The highest BCUT2D eigenvalue weighted by Gasteiger charge is 2.34. The van der Waals surface area contributed by atoms with Crippen LogP contribution in [0.15, 0.2) is 59.4 Å². The zero-order chi connectivity index (χ0) is 22.8. The van der Waals surface area contributed by atoms with E-state index in [0.29, 0.717) is 0 Å². The van der Waals surface area contributed by atoms with E-state index in [1.165, 1.54) is 43.3 Å². The van der Waals surface area contributed by atoms with Gasteiger partial charge in [-0.25, -0.2) is 9.48 Å². The molecule has 8 nitrogen and oxygen atoms in total. The van der Waals surface area contributed by atoms with Crippen molar-refractivity contribution in [2.24, 2.45) is 0 Å². The summed E-state index contributed by atoms with van der Waals surface area (Å²) in [5, 5.41) is 14.6. The summed E-state index contributed by atoms with van der Waals surface area (Å²) >= 11 is 0. The zero-order valence-corrected chi connectivity index (χ0v) is 15.9. The number of carbonyl (C=O) groups excluding carboxylic acids is 1. The Morgan fingerprint density at radius 3 is 2.55 bits per heavy atom. The van der Waals surface area contributed by atoms with Crippen molar-refractivity contribution in [3.63, 3.8) is 0 Å². The number of nitro benzene ring substituents is 1. The van der Waals surface area contributed by atoms with Crippen molar-refractivity contribution < 1.29 is 27.6 Å². The maximum atomic E-state index is 13.4. The Hall–Kier alpha value is -4.02. The summed E-state index contributed by atoms with van der Waals surface area (Å²) in [6, 6.07) is 10.9. The molecule has 1 aromatic heterocycles. The Bertz CT molecular complexity index is 1220. The van der Waals surface area contributed by atoms with Crippen LogP contribution in [0.5, 0.6) is 0 Å². The summed E-state index contributed by atoms with van der Waals surface area (Å²) in [5.41, 5.74) is -2.75. The Balaban J connectivity index is 1.93. The molecule has 2 aromatic carbocycles. The van der Waals surface area contributed by atoms with Crippen molar-refractivity contribution >= 4 is 11.7 Å². The molecule has 31 heavy (non-hydrogen) atoms. The second-order valence-electron chi connectivity index (χ2n) is 6.43. The number of benzene rings is 2. The maximum Gasteiger partial charge on any atom is 0.418 e. The number of nitrogens with zero attached hydrogens (tertiary/aromatic N) is 3. The van der Waals surface area contributed by atoms with Crippen molar-refractivity contribution in [1.29, 1.82) is 0 Å². The number of para-hydroxylation sites is 1. The van der Waals surface area contributed by atoms with E-state index in [1.807, 2.05) is 0 Å². The van der Waals surface area contributed by atoms with Gasteiger partial charge in [-0.15, -0.1) is 0 Å². The molecule has 0 bridgehead atoms. The normalized spacial score (nSPS) is 11.2. The minimum Gasteiger partial charge on any atom is -0.456 e. The monoisotopic (exact) mass is 433 g/mol. The molecule has 0 unspecified atom stereocenters. The number of ether oxygens (including phenoxy) is 1. The number of alkyl halides is 3. The molecule has 3 rings (SSSR count). The quantitative estimate of drug-likeness (QED) is 0.344. The summed E-state index contributed by atoms with van der Waals surface area (Å²) in [4.78, 5) is 34.8. The molecule has 0 saturated heterocycles. The second kappa shape index (κ2) is 8.38. The van der Waals surface area contributed by atoms with Gasteiger partial charge in [0.15, 0.2) is 0 Å². The smallest absolute Gasteiger partial charge is 0.418 e. The van der Waals surface area contributed by atoms with E-state index < -0.39 is 40.4 Å². The molecule has 11 heteroatoms. The van der Waals surface area contributed by atoms with Crippen LogP contribution in [0.2, 0.25) is 0 Å². The fourth-order valence-corrected chi connectivity index (χ4v) is 2.81. The standard InChI is InChI=1S/C20H14F3N3O5/c1-12-9-17(27)18(19(28)31-11-13-5-4-6-14(10-13)26(29)30)24-25(12)16-8-3-2-7-15(16)20(21,22)23/h2-10H,11H2,1H3. The molecule has 0 atom stereocenters. The van der Waals surface area contributed by atoms with Crippen LogP contribution in [0.25, 0.3) is 5.69 Å². The number of rotatable bonds is 5. The van der Waals surface area contributed by atoms with Gasteiger partial charge in [-0.3, -0.25) is 14.9 Å². The molecule has 0 aliphatic heterocycles. The zero-order valence-electron chi connectivity index (χ0n) is 15.9. The molecular formula is C20H14F3N3O5. The van der Waals surface area contributed by atoms with E-state index in [9.17, 15) is 32.9 Å². The lowest BCUT2D eigenvalue weighted by Gasteiger charge is -2.16. The number of non-ortho nitro benzene ring substituents is 1.